The zero-order chi connectivity index (χ0) is 21.0. The molecule has 1 amide bonds. The number of hydrogen-bond donors (Lipinski definition) is 1. The first kappa shape index (κ1) is 19.7. The number of hydrogen-bond acceptors (Lipinski definition) is 5. The zero-order valence-electron chi connectivity index (χ0n) is 17.7. The van der Waals surface area contributed by atoms with Crippen molar-refractivity contribution in [2.45, 2.75) is 57.7 Å². The maximum absolute atomic E-state index is 12.6. The third-order valence-corrected chi connectivity index (χ3v) is 6.29. The number of rotatable bonds is 7. The Kier molecular flexibility index (Phi) is 5.65. The number of nitrogens with zero attached hydrogens (tertiary/aromatic N) is 5. The maximum Gasteiger partial charge on any atom is 0.223 e. The van der Waals surface area contributed by atoms with Gasteiger partial charge in [-0.25, -0.2) is 15.0 Å². The van der Waals surface area contributed by atoms with Gasteiger partial charge in [-0.2, -0.15) is 0 Å². The van der Waals surface area contributed by atoms with Gasteiger partial charge in [0.25, 0.3) is 0 Å². The van der Waals surface area contributed by atoms with Crippen molar-refractivity contribution in [2.75, 3.05) is 11.9 Å². The number of unbranched alkanes of at least 4 members (excludes halogenated alkanes) is 1. The first-order valence-electron chi connectivity index (χ1n) is 11.2. The Labute approximate surface area is 182 Å². The van der Waals surface area contributed by atoms with Crippen LogP contribution in [0.15, 0.2) is 49.2 Å². The molecule has 0 radical (unpaired) electrons. The molecule has 3 aromatic rings. The van der Waals surface area contributed by atoms with Gasteiger partial charge < -0.3 is 14.8 Å². The third kappa shape index (κ3) is 4.60. The Morgan fingerprint density at radius 3 is 2.74 bits per heavy atom. The molecule has 0 saturated heterocycles. The van der Waals surface area contributed by atoms with Crippen LogP contribution in [0.5, 0.6) is 0 Å². The van der Waals surface area contributed by atoms with Crippen LogP contribution >= 0.6 is 0 Å². The van der Waals surface area contributed by atoms with Crippen LogP contribution in [0.3, 0.4) is 0 Å². The highest BCUT2D eigenvalue weighted by atomic mass is 16.2. The van der Waals surface area contributed by atoms with Gasteiger partial charge in [0.1, 0.15) is 0 Å². The van der Waals surface area contributed by atoms with Gasteiger partial charge in [0, 0.05) is 62.7 Å². The van der Waals surface area contributed by atoms with Gasteiger partial charge in [-0.1, -0.05) is 24.3 Å². The average Bonchev–Trinajstić information content (AvgIpc) is 3.45. The zero-order valence-corrected chi connectivity index (χ0v) is 17.7. The van der Waals surface area contributed by atoms with Crippen molar-refractivity contribution in [2.24, 2.45) is 0 Å². The average molecular weight is 417 g/mol. The van der Waals surface area contributed by atoms with Gasteiger partial charge in [-0.05, 0) is 36.8 Å². The Hall–Kier alpha value is -3.22. The molecule has 1 aliphatic carbocycles. The van der Waals surface area contributed by atoms with E-state index in [9.17, 15) is 4.79 Å². The van der Waals surface area contributed by atoms with Gasteiger partial charge in [-0.15, -0.1) is 0 Å². The Morgan fingerprint density at radius 1 is 1.13 bits per heavy atom. The second-order valence-corrected chi connectivity index (χ2v) is 8.51. The van der Waals surface area contributed by atoms with Crippen molar-refractivity contribution >= 4 is 11.9 Å². The lowest BCUT2D eigenvalue weighted by atomic mass is 10.1. The molecule has 31 heavy (non-hydrogen) atoms. The smallest absolute Gasteiger partial charge is 0.223 e. The summed E-state index contributed by atoms with van der Waals surface area (Å²) >= 11 is 0. The van der Waals surface area contributed by atoms with Crippen molar-refractivity contribution in [3.05, 3.63) is 71.6 Å². The summed E-state index contributed by atoms with van der Waals surface area (Å²) in [5.74, 6) is 0.929. The van der Waals surface area contributed by atoms with Gasteiger partial charge in [0.15, 0.2) is 0 Å². The van der Waals surface area contributed by atoms with Crippen LogP contribution in [-0.2, 0) is 37.1 Å². The lowest BCUT2D eigenvalue weighted by Gasteiger charge is -2.28. The second kappa shape index (κ2) is 8.88. The summed E-state index contributed by atoms with van der Waals surface area (Å²) < 4.78 is 2.05. The molecule has 1 aliphatic heterocycles. The fourth-order valence-corrected chi connectivity index (χ4v) is 4.59. The van der Waals surface area contributed by atoms with Crippen molar-refractivity contribution in [3.8, 4) is 0 Å². The standard InChI is InChI=1S/C24H28N6O/c31-23(7-3-4-10-29-12-9-25-17-29)30-11-8-22-20(16-30)15-26-24(28-22)27-21-13-18-5-1-2-6-19(18)14-21/h1-2,5-6,9,12,15,17,21H,3-4,7-8,10-11,13-14,16H2,(H,26,27,28). The fourth-order valence-electron chi connectivity index (χ4n) is 4.59. The summed E-state index contributed by atoms with van der Waals surface area (Å²) in [6.07, 6.45) is 12.7. The van der Waals surface area contributed by atoms with E-state index >= 15 is 0 Å². The first-order valence-corrected chi connectivity index (χ1v) is 11.2. The molecule has 0 unspecified atom stereocenters. The van der Waals surface area contributed by atoms with Crippen LogP contribution in [0.4, 0.5) is 5.95 Å². The molecule has 0 spiro atoms. The topological polar surface area (TPSA) is 75.9 Å². The molecular weight excluding hydrogens is 388 g/mol. The first-order chi connectivity index (χ1) is 15.2. The Morgan fingerprint density at radius 2 is 1.97 bits per heavy atom. The Balaban J connectivity index is 1.12. The number of fused-ring (bicyclic) bond motifs is 2. The van der Waals surface area contributed by atoms with E-state index in [1.165, 1.54) is 11.1 Å². The van der Waals surface area contributed by atoms with E-state index in [0.29, 0.717) is 25.0 Å². The minimum Gasteiger partial charge on any atom is -0.351 e. The number of amides is 1. The normalized spacial score (nSPS) is 15.5. The van der Waals surface area contributed by atoms with E-state index in [2.05, 4.69) is 44.1 Å². The van der Waals surface area contributed by atoms with Crippen LogP contribution in [0, 0.1) is 0 Å². The quantitative estimate of drug-likeness (QED) is 0.599. The number of nitrogens with one attached hydrogen (secondary N) is 1. The highest BCUT2D eigenvalue weighted by Crippen LogP contribution is 2.24. The van der Waals surface area contributed by atoms with Crippen molar-refractivity contribution in [1.29, 1.82) is 0 Å². The number of imidazole rings is 1. The summed E-state index contributed by atoms with van der Waals surface area (Å²) in [6, 6.07) is 8.95. The van der Waals surface area contributed by atoms with E-state index in [1.54, 1.807) is 6.20 Å². The molecule has 7 nitrogen and oxygen atoms in total. The predicted molar refractivity (Wildman–Crippen MR) is 118 cm³/mol. The van der Waals surface area contributed by atoms with Crippen molar-refractivity contribution in [1.82, 2.24) is 24.4 Å². The van der Waals surface area contributed by atoms with Crippen LogP contribution in [-0.4, -0.2) is 42.9 Å². The number of benzene rings is 1. The molecule has 2 aliphatic rings. The van der Waals surface area contributed by atoms with Gasteiger partial charge in [0.05, 0.1) is 12.0 Å². The van der Waals surface area contributed by atoms with Crippen molar-refractivity contribution < 1.29 is 4.79 Å². The summed E-state index contributed by atoms with van der Waals surface area (Å²) in [7, 11) is 0. The predicted octanol–water partition coefficient (Wildman–Crippen LogP) is 3.01. The van der Waals surface area contributed by atoms with E-state index in [4.69, 9.17) is 4.98 Å². The number of aromatic nitrogens is 4. The van der Waals surface area contributed by atoms with E-state index in [-0.39, 0.29) is 5.91 Å². The molecule has 1 N–H and O–H groups in total. The number of anilines is 1. The molecule has 0 bridgehead atoms. The molecular formula is C24H28N6O. The van der Waals surface area contributed by atoms with Crippen LogP contribution in [0.1, 0.15) is 41.6 Å². The molecule has 0 atom stereocenters. The van der Waals surface area contributed by atoms with Gasteiger partial charge in [0.2, 0.25) is 11.9 Å². The van der Waals surface area contributed by atoms with E-state index in [0.717, 1.165) is 56.5 Å². The number of carbonyl (C=O) groups excluding carboxylic acids is 1. The molecule has 0 fully saturated rings. The SMILES string of the molecule is O=C(CCCCn1ccnc1)N1CCc2nc(NC3Cc4ccccc4C3)ncc2C1. The third-order valence-electron chi connectivity index (χ3n) is 6.29. The van der Waals surface area contributed by atoms with Crippen molar-refractivity contribution in [3.63, 3.8) is 0 Å². The summed E-state index contributed by atoms with van der Waals surface area (Å²) in [6.45, 7) is 2.26. The highest BCUT2D eigenvalue weighted by Gasteiger charge is 2.24. The van der Waals surface area contributed by atoms with Crippen LogP contribution < -0.4 is 5.32 Å². The van der Waals surface area contributed by atoms with E-state index < -0.39 is 0 Å². The van der Waals surface area contributed by atoms with E-state index in [1.807, 2.05) is 23.6 Å². The summed E-state index contributed by atoms with van der Waals surface area (Å²) in [4.78, 5) is 27.9. The molecule has 2 aromatic heterocycles. The molecule has 7 heteroatoms. The molecule has 5 rings (SSSR count). The lowest BCUT2D eigenvalue weighted by molar-refractivity contribution is -0.132. The number of aryl methyl sites for hydroxylation is 1. The largest absolute Gasteiger partial charge is 0.351 e. The second-order valence-electron chi connectivity index (χ2n) is 8.51. The molecule has 0 saturated carbocycles. The molecule has 1 aromatic carbocycles. The summed E-state index contributed by atoms with van der Waals surface area (Å²) in [5.41, 5.74) is 4.96. The highest BCUT2D eigenvalue weighted by molar-refractivity contribution is 5.76. The van der Waals surface area contributed by atoms with Crippen LogP contribution in [0.25, 0.3) is 0 Å². The monoisotopic (exact) mass is 416 g/mol. The Bertz CT molecular complexity index is 1020. The summed E-state index contributed by atoms with van der Waals surface area (Å²) in [5, 5.41) is 3.51. The molecule has 160 valence electrons. The lowest BCUT2D eigenvalue weighted by Crippen LogP contribution is -2.36. The minimum atomic E-state index is 0.224. The number of carbonyl (C=O) groups is 1. The maximum atomic E-state index is 12.6. The minimum absolute atomic E-state index is 0.224. The molecule has 3 heterocycles. The fraction of sp³-hybridized carbons (Fsp3) is 0.417. The van der Waals surface area contributed by atoms with Gasteiger partial charge >= 0.3 is 0 Å². The van der Waals surface area contributed by atoms with Gasteiger partial charge in [-0.3, -0.25) is 4.79 Å². The van der Waals surface area contributed by atoms with Crippen LogP contribution in [0.2, 0.25) is 0 Å².